The Kier molecular flexibility index (Phi) is 2.98. The monoisotopic (exact) mass is 343 g/mol. The van der Waals surface area contributed by atoms with Gasteiger partial charge in [-0.2, -0.15) is 0 Å². The number of halogens is 1. The van der Waals surface area contributed by atoms with E-state index in [0.717, 1.165) is 28.6 Å². The predicted molar refractivity (Wildman–Crippen MR) is 81.2 cm³/mol. The number of hydrogen-bond donors (Lipinski definition) is 0. The third-order valence-electron chi connectivity index (χ3n) is 4.39. The van der Waals surface area contributed by atoms with Gasteiger partial charge in [-0.15, -0.1) is 0 Å². The van der Waals surface area contributed by atoms with E-state index in [1.54, 1.807) is 4.31 Å². The second kappa shape index (κ2) is 4.22. The number of sulfonamides is 1. The molecule has 3 rings (SSSR count). The minimum Gasteiger partial charge on any atom is -0.270 e. The molecule has 1 aromatic carbocycles. The fourth-order valence-corrected chi connectivity index (χ4v) is 4.44. The van der Waals surface area contributed by atoms with Gasteiger partial charge in [0.25, 0.3) is 0 Å². The van der Waals surface area contributed by atoms with Gasteiger partial charge in [0.05, 0.1) is 11.9 Å². The molecule has 5 heteroatoms. The predicted octanol–water partition coefficient (Wildman–Crippen LogP) is 3.35. The average molecular weight is 344 g/mol. The highest BCUT2D eigenvalue weighted by atomic mass is 79.9. The lowest BCUT2D eigenvalue weighted by atomic mass is 9.90. The summed E-state index contributed by atoms with van der Waals surface area (Å²) in [7, 11) is -3.20. The molecule has 0 bridgehead atoms. The fraction of sp³-hybridized carbons (Fsp3) is 0.571. The highest BCUT2D eigenvalue weighted by Gasteiger charge is 2.47. The minimum atomic E-state index is -3.20. The van der Waals surface area contributed by atoms with Gasteiger partial charge in [-0.05, 0) is 61.3 Å². The Labute approximate surface area is 123 Å². The molecule has 104 valence electrons. The molecule has 0 amide bonds. The van der Waals surface area contributed by atoms with Crippen molar-refractivity contribution in [1.29, 1.82) is 0 Å². The van der Waals surface area contributed by atoms with Crippen LogP contribution in [0.3, 0.4) is 0 Å². The van der Waals surface area contributed by atoms with Crippen LogP contribution in [0.2, 0.25) is 0 Å². The van der Waals surface area contributed by atoms with Crippen molar-refractivity contribution in [3.63, 3.8) is 0 Å². The van der Waals surface area contributed by atoms with Crippen molar-refractivity contribution in [2.24, 2.45) is 0 Å². The first-order valence-corrected chi connectivity index (χ1v) is 9.26. The summed E-state index contributed by atoms with van der Waals surface area (Å²) in [4.78, 5) is 0. The molecule has 2 aliphatic rings. The third-order valence-corrected chi connectivity index (χ3v) is 6.42. The molecule has 1 heterocycles. The van der Waals surface area contributed by atoms with Gasteiger partial charge >= 0.3 is 0 Å². The first-order valence-electron chi connectivity index (χ1n) is 6.62. The molecule has 3 nitrogen and oxygen atoms in total. The smallest absolute Gasteiger partial charge is 0.232 e. The number of aryl methyl sites for hydroxylation is 1. The Morgan fingerprint density at radius 2 is 1.95 bits per heavy atom. The van der Waals surface area contributed by atoms with Crippen molar-refractivity contribution in [3.05, 3.63) is 27.7 Å². The zero-order chi connectivity index (χ0) is 13.8. The molecule has 0 N–H and O–H groups in total. The van der Waals surface area contributed by atoms with Gasteiger partial charge in [0.2, 0.25) is 10.0 Å². The average Bonchev–Trinajstić information content (AvgIpc) is 3.08. The van der Waals surface area contributed by atoms with Crippen LogP contribution in [0.4, 0.5) is 5.69 Å². The van der Waals surface area contributed by atoms with Crippen molar-refractivity contribution in [3.8, 4) is 0 Å². The molecular weight excluding hydrogens is 326 g/mol. The van der Waals surface area contributed by atoms with Gasteiger partial charge in [-0.3, -0.25) is 4.31 Å². The SMILES string of the molecule is Cc1cc2c(cc1Br)C1(CCCN2S(C)(=O)=O)CC1. The molecule has 1 aliphatic carbocycles. The number of benzene rings is 1. The molecule has 0 saturated heterocycles. The van der Waals surface area contributed by atoms with Gasteiger partial charge < -0.3 is 0 Å². The molecule has 0 aromatic heterocycles. The Balaban J connectivity index is 2.24. The van der Waals surface area contributed by atoms with E-state index in [4.69, 9.17) is 0 Å². The topological polar surface area (TPSA) is 37.4 Å². The van der Waals surface area contributed by atoms with E-state index in [1.165, 1.54) is 24.7 Å². The first kappa shape index (κ1) is 13.4. The largest absolute Gasteiger partial charge is 0.270 e. The maximum absolute atomic E-state index is 12.0. The fourth-order valence-electron chi connectivity index (χ4n) is 3.13. The maximum atomic E-state index is 12.0. The summed E-state index contributed by atoms with van der Waals surface area (Å²) >= 11 is 3.58. The number of anilines is 1. The Morgan fingerprint density at radius 1 is 1.26 bits per heavy atom. The van der Waals surface area contributed by atoms with E-state index in [0.29, 0.717) is 6.54 Å². The Morgan fingerprint density at radius 3 is 2.53 bits per heavy atom. The Bertz CT molecular complexity index is 635. The van der Waals surface area contributed by atoms with E-state index in [9.17, 15) is 8.42 Å². The van der Waals surface area contributed by atoms with E-state index in [1.807, 2.05) is 13.0 Å². The lowest BCUT2D eigenvalue weighted by Gasteiger charge is -2.24. The van der Waals surface area contributed by atoms with Crippen molar-refractivity contribution < 1.29 is 8.42 Å². The highest BCUT2D eigenvalue weighted by Crippen LogP contribution is 2.56. The van der Waals surface area contributed by atoms with E-state index in [-0.39, 0.29) is 5.41 Å². The molecule has 0 radical (unpaired) electrons. The van der Waals surface area contributed by atoms with Crippen LogP contribution >= 0.6 is 15.9 Å². The van der Waals surface area contributed by atoms with Crippen molar-refractivity contribution in [1.82, 2.24) is 0 Å². The van der Waals surface area contributed by atoms with Gasteiger partial charge in [-0.1, -0.05) is 15.9 Å². The normalized spacial score (nSPS) is 21.1. The lowest BCUT2D eigenvalue weighted by Crippen LogP contribution is -2.30. The molecule has 1 fully saturated rings. The van der Waals surface area contributed by atoms with Crippen molar-refractivity contribution >= 4 is 31.6 Å². The van der Waals surface area contributed by atoms with Crippen LogP contribution in [0.15, 0.2) is 16.6 Å². The quantitative estimate of drug-likeness (QED) is 0.784. The third kappa shape index (κ3) is 2.21. The number of rotatable bonds is 1. The number of fused-ring (bicyclic) bond motifs is 2. The molecule has 0 unspecified atom stereocenters. The van der Waals surface area contributed by atoms with Crippen LogP contribution in [-0.2, 0) is 15.4 Å². The highest BCUT2D eigenvalue weighted by molar-refractivity contribution is 9.10. The first-order chi connectivity index (χ1) is 8.83. The second-order valence-electron chi connectivity index (χ2n) is 5.84. The summed E-state index contributed by atoms with van der Waals surface area (Å²) in [5.74, 6) is 0. The molecule has 1 spiro atoms. The summed E-state index contributed by atoms with van der Waals surface area (Å²) in [6.07, 6.45) is 5.72. The molecule has 0 atom stereocenters. The lowest BCUT2D eigenvalue weighted by molar-refractivity contribution is 0.587. The van der Waals surface area contributed by atoms with Crippen LogP contribution in [0.25, 0.3) is 0 Å². The summed E-state index contributed by atoms with van der Waals surface area (Å²) < 4.78 is 26.8. The summed E-state index contributed by atoms with van der Waals surface area (Å²) in [5, 5.41) is 0. The van der Waals surface area contributed by atoms with Gasteiger partial charge in [0, 0.05) is 11.0 Å². The molecule has 1 aliphatic heterocycles. The summed E-state index contributed by atoms with van der Waals surface area (Å²) in [5.41, 5.74) is 3.45. The van der Waals surface area contributed by atoms with Crippen LogP contribution in [0.1, 0.15) is 36.8 Å². The summed E-state index contributed by atoms with van der Waals surface area (Å²) in [6, 6.07) is 4.16. The van der Waals surface area contributed by atoms with E-state index in [2.05, 4.69) is 22.0 Å². The number of nitrogens with zero attached hydrogens (tertiary/aromatic N) is 1. The van der Waals surface area contributed by atoms with Gasteiger partial charge in [-0.25, -0.2) is 8.42 Å². The minimum absolute atomic E-state index is 0.241. The zero-order valence-corrected chi connectivity index (χ0v) is 13.6. The maximum Gasteiger partial charge on any atom is 0.232 e. The van der Waals surface area contributed by atoms with E-state index < -0.39 is 10.0 Å². The van der Waals surface area contributed by atoms with Crippen LogP contribution < -0.4 is 4.31 Å². The van der Waals surface area contributed by atoms with Crippen LogP contribution in [0, 0.1) is 6.92 Å². The Hall–Kier alpha value is -0.550. The van der Waals surface area contributed by atoms with Gasteiger partial charge in [0.15, 0.2) is 0 Å². The van der Waals surface area contributed by atoms with Crippen molar-refractivity contribution in [2.75, 3.05) is 17.1 Å². The van der Waals surface area contributed by atoms with E-state index >= 15 is 0 Å². The van der Waals surface area contributed by atoms with Crippen molar-refractivity contribution in [2.45, 2.75) is 38.0 Å². The molecule has 19 heavy (non-hydrogen) atoms. The van der Waals surface area contributed by atoms with Crippen LogP contribution in [0.5, 0.6) is 0 Å². The van der Waals surface area contributed by atoms with Crippen LogP contribution in [-0.4, -0.2) is 21.2 Å². The second-order valence-corrected chi connectivity index (χ2v) is 8.60. The zero-order valence-electron chi connectivity index (χ0n) is 11.2. The molecule has 1 saturated carbocycles. The molecule has 1 aromatic rings. The number of hydrogen-bond acceptors (Lipinski definition) is 2. The van der Waals surface area contributed by atoms with Gasteiger partial charge in [0.1, 0.15) is 0 Å². The standard InChI is InChI=1S/C14H18BrNO2S/c1-10-8-13-11(9-12(10)15)14(5-6-14)4-3-7-16(13)19(2,17)18/h8-9H,3-7H2,1-2H3. The molecular formula is C14H18BrNO2S. The summed E-state index contributed by atoms with van der Waals surface area (Å²) in [6.45, 7) is 2.62.